The molecule has 0 aliphatic carbocycles. The molecule has 2 N–H and O–H groups in total. The highest BCUT2D eigenvalue weighted by molar-refractivity contribution is 6.06. The Morgan fingerprint density at radius 2 is 1.87 bits per heavy atom. The van der Waals surface area contributed by atoms with Gasteiger partial charge < -0.3 is 15.2 Å². The number of carbonyl (C=O) groups is 3. The number of halogens is 1. The third kappa shape index (κ3) is 4.02. The number of nitrogens with zero attached hydrogens (tertiary/aromatic N) is 2. The van der Waals surface area contributed by atoms with Crippen molar-refractivity contribution in [2.45, 2.75) is 25.9 Å². The van der Waals surface area contributed by atoms with Gasteiger partial charge in [-0.3, -0.25) is 14.5 Å². The molecule has 9 heteroatoms. The Hall–Kier alpha value is -4.01. The number of imide groups is 1. The molecule has 1 fully saturated rings. The molecule has 8 nitrogen and oxygen atoms in total. The van der Waals surface area contributed by atoms with Gasteiger partial charge in [-0.25, -0.2) is 9.18 Å². The van der Waals surface area contributed by atoms with E-state index < -0.39 is 23.3 Å². The second-order valence-electron chi connectivity index (χ2n) is 7.65. The maximum Gasteiger partial charge on any atom is 0.325 e. The van der Waals surface area contributed by atoms with Crippen LogP contribution in [0.3, 0.4) is 0 Å². The topological polar surface area (TPSA) is 105 Å². The van der Waals surface area contributed by atoms with Crippen LogP contribution in [0.25, 0.3) is 11.3 Å². The van der Waals surface area contributed by atoms with E-state index in [-0.39, 0.29) is 29.5 Å². The van der Waals surface area contributed by atoms with Gasteiger partial charge >= 0.3 is 6.03 Å². The molecule has 4 rings (SSSR count). The fraction of sp³-hybridized carbons (Fsp3) is 0.182. The van der Waals surface area contributed by atoms with Gasteiger partial charge in [-0.2, -0.15) is 0 Å². The van der Waals surface area contributed by atoms with E-state index in [9.17, 15) is 18.8 Å². The molecular formula is C22H19FN4O4. The Morgan fingerprint density at radius 3 is 2.52 bits per heavy atom. The molecule has 1 aliphatic rings. The van der Waals surface area contributed by atoms with Crippen LogP contribution in [0.1, 0.15) is 30.0 Å². The van der Waals surface area contributed by atoms with Gasteiger partial charge in [0.25, 0.3) is 11.8 Å². The first-order chi connectivity index (χ1) is 14.7. The van der Waals surface area contributed by atoms with Crippen molar-refractivity contribution in [3.63, 3.8) is 0 Å². The van der Waals surface area contributed by atoms with Gasteiger partial charge in [-0.15, -0.1) is 0 Å². The summed E-state index contributed by atoms with van der Waals surface area (Å²) in [6.45, 7) is 3.41. The molecule has 3 aromatic rings. The number of urea groups is 1. The number of aromatic nitrogens is 1. The van der Waals surface area contributed by atoms with Crippen molar-refractivity contribution in [3.05, 3.63) is 71.7 Å². The van der Waals surface area contributed by atoms with Gasteiger partial charge in [0.15, 0.2) is 0 Å². The van der Waals surface area contributed by atoms with Crippen molar-refractivity contribution in [2.75, 3.05) is 5.32 Å². The molecule has 1 aliphatic heterocycles. The maximum atomic E-state index is 13.9. The molecule has 1 saturated heterocycles. The molecule has 0 atom stereocenters. The SMILES string of the molecule is CC1(C)NC(=O)N(Cc2ccc(NC(=O)c3cc(-c4ccccc4F)no3)cc2)C1=O. The normalized spacial score (nSPS) is 15.1. The zero-order valence-electron chi connectivity index (χ0n) is 16.8. The van der Waals surface area contributed by atoms with Crippen molar-refractivity contribution in [1.82, 2.24) is 15.4 Å². The summed E-state index contributed by atoms with van der Waals surface area (Å²) in [4.78, 5) is 37.8. The quantitative estimate of drug-likeness (QED) is 0.612. The minimum atomic E-state index is -0.927. The van der Waals surface area contributed by atoms with Crippen LogP contribution in [0.15, 0.2) is 59.1 Å². The number of benzene rings is 2. The van der Waals surface area contributed by atoms with Crippen molar-refractivity contribution in [2.24, 2.45) is 0 Å². The summed E-state index contributed by atoms with van der Waals surface area (Å²) in [6.07, 6.45) is 0. The van der Waals surface area contributed by atoms with Crippen molar-refractivity contribution < 1.29 is 23.3 Å². The fourth-order valence-corrected chi connectivity index (χ4v) is 3.21. The summed E-state index contributed by atoms with van der Waals surface area (Å²) in [7, 11) is 0. The van der Waals surface area contributed by atoms with Crippen LogP contribution < -0.4 is 10.6 Å². The van der Waals surface area contributed by atoms with Crippen LogP contribution >= 0.6 is 0 Å². The summed E-state index contributed by atoms with van der Waals surface area (Å²) in [5, 5.41) is 9.05. The average molecular weight is 422 g/mol. The zero-order chi connectivity index (χ0) is 22.2. The van der Waals surface area contributed by atoms with Crippen molar-refractivity contribution in [3.8, 4) is 11.3 Å². The van der Waals surface area contributed by atoms with Gasteiger partial charge in [0.2, 0.25) is 5.76 Å². The third-order valence-corrected chi connectivity index (χ3v) is 4.88. The first kappa shape index (κ1) is 20.3. The monoisotopic (exact) mass is 422 g/mol. The lowest BCUT2D eigenvalue weighted by atomic mass is 10.1. The largest absolute Gasteiger partial charge is 0.350 e. The maximum absolute atomic E-state index is 13.9. The highest BCUT2D eigenvalue weighted by atomic mass is 19.1. The Labute approximate surface area is 177 Å². The standard InChI is InChI=1S/C22H19FN4O4/c1-22(2)20(29)27(21(30)25-22)12-13-7-9-14(10-8-13)24-19(28)18-11-17(26-31-18)15-5-3-4-6-16(15)23/h3-11H,12H2,1-2H3,(H,24,28)(H,25,30). The van der Waals surface area contributed by atoms with Gasteiger partial charge in [-0.1, -0.05) is 29.4 Å². The van der Waals surface area contributed by atoms with E-state index >= 15 is 0 Å². The molecule has 4 amide bonds. The molecule has 1 aromatic heterocycles. The molecular weight excluding hydrogens is 403 g/mol. The summed E-state index contributed by atoms with van der Waals surface area (Å²) in [5.74, 6) is -1.37. The van der Waals surface area contributed by atoms with Gasteiger partial charge in [0, 0.05) is 17.3 Å². The van der Waals surface area contributed by atoms with Gasteiger partial charge in [-0.05, 0) is 43.7 Å². The summed E-state index contributed by atoms with van der Waals surface area (Å²) in [5.41, 5.74) is 0.730. The van der Waals surface area contributed by atoms with E-state index in [1.54, 1.807) is 56.3 Å². The predicted octanol–water partition coefficient (Wildman–Crippen LogP) is 3.56. The van der Waals surface area contributed by atoms with Crippen LogP contribution in [0.5, 0.6) is 0 Å². The van der Waals surface area contributed by atoms with Crippen LogP contribution in [-0.2, 0) is 11.3 Å². The van der Waals surface area contributed by atoms with E-state index in [0.29, 0.717) is 5.69 Å². The van der Waals surface area contributed by atoms with Crippen LogP contribution in [-0.4, -0.2) is 33.4 Å². The Kier molecular flexibility index (Phi) is 5.02. The van der Waals surface area contributed by atoms with Crippen LogP contribution in [0.4, 0.5) is 14.9 Å². The number of carbonyl (C=O) groups excluding carboxylic acids is 3. The Balaban J connectivity index is 1.42. The lowest BCUT2D eigenvalue weighted by Crippen LogP contribution is -2.40. The number of hydrogen-bond acceptors (Lipinski definition) is 5. The lowest BCUT2D eigenvalue weighted by molar-refractivity contribution is -0.130. The summed E-state index contributed by atoms with van der Waals surface area (Å²) in [6, 6.07) is 13.7. The van der Waals surface area contributed by atoms with Crippen molar-refractivity contribution >= 4 is 23.5 Å². The van der Waals surface area contributed by atoms with E-state index in [0.717, 1.165) is 10.5 Å². The number of rotatable bonds is 5. The molecule has 158 valence electrons. The average Bonchev–Trinajstić information content (AvgIpc) is 3.29. The Morgan fingerprint density at radius 1 is 1.16 bits per heavy atom. The zero-order valence-corrected chi connectivity index (χ0v) is 16.8. The van der Waals surface area contributed by atoms with Crippen molar-refractivity contribution in [1.29, 1.82) is 0 Å². The van der Waals surface area contributed by atoms with E-state index in [2.05, 4.69) is 15.8 Å². The predicted molar refractivity (Wildman–Crippen MR) is 109 cm³/mol. The minimum Gasteiger partial charge on any atom is -0.350 e. The van der Waals surface area contributed by atoms with Crippen LogP contribution in [0, 0.1) is 5.82 Å². The number of anilines is 1. The van der Waals surface area contributed by atoms with E-state index in [1.165, 1.54) is 12.1 Å². The fourth-order valence-electron chi connectivity index (χ4n) is 3.21. The first-order valence-electron chi connectivity index (χ1n) is 9.50. The lowest BCUT2D eigenvalue weighted by Gasteiger charge is -2.16. The second kappa shape index (κ2) is 7.67. The molecule has 31 heavy (non-hydrogen) atoms. The number of nitrogens with one attached hydrogen (secondary N) is 2. The van der Waals surface area contributed by atoms with E-state index in [4.69, 9.17) is 4.52 Å². The number of hydrogen-bond donors (Lipinski definition) is 2. The van der Waals surface area contributed by atoms with E-state index in [1.807, 2.05) is 0 Å². The highest BCUT2D eigenvalue weighted by Gasteiger charge is 2.44. The highest BCUT2D eigenvalue weighted by Crippen LogP contribution is 2.23. The first-order valence-corrected chi connectivity index (χ1v) is 9.50. The number of amides is 4. The molecule has 0 unspecified atom stereocenters. The van der Waals surface area contributed by atoms with Gasteiger partial charge in [0.1, 0.15) is 17.1 Å². The minimum absolute atomic E-state index is 0.0658. The third-order valence-electron chi connectivity index (χ3n) is 4.88. The molecule has 0 spiro atoms. The van der Waals surface area contributed by atoms with Crippen LogP contribution in [0.2, 0.25) is 0 Å². The molecule has 2 heterocycles. The second-order valence-corrected chi connectivity index (χ2v) is 7.65. The molecule has 0 bridgehead atoms. The Bertz CT molecular complexity index is 1170. The summed E-state index contributed by atoms with van der Waals surface area (Å²) < 4.78 is 18.9. The summed E-state index contributed by atoms with van der Waals surface area (Å²) >= 11 is 0. The molecule has 0 radical (unpaired) electrons. The molecule has 2 aromatic carbocycles. The van der Waals surface area contributed by atoms with Gasteiger partial charge in [0.05, 0.1) is 6.54 Å². The molecule has 0 saturated carbocycles. The smallest absolute Gasteiger partial charge is 0.325 e.